The van der Waals surface area contributed by atoms with Gasteiger partial charge in [-0.1, -0.05) is 30.3 Å². The third kappa shape index (κ3) is 2.84. The molecule has 0 aromatic heterocycles. The first kappa shape index (κ1) is 11.6. The van der Waals surface area contributed by atoms with Gasteiger partial charge in [0.25, 0.3) is 0 Å². The van der Waals surface area contributed by atoms with Gasteiger partial charge in [0.1, 0.15) is 6.10 Å². The lowest BCUT2D eigenvalue weighted by atomic mass is 10.0. The van der Waals surface area contributed by atoms with Crippen LogP contribution in [0.5, 0.6) is 0 Å². The fraction of sp³-hybridized carbons (Fsp3) is 0.385. The second-order valence-electron chi connectivity index (χ2n) is 4.15. The van der Waals surface area contributed by atoms with Gasteiger partial charge in [-0.2, -0.15) is 0 Å². The van der Waals surface area contributed by atoms with Crippen molar-refractivity contribution in [1.29, 1.82) is 0 Å². The molecule has 0 unspecified atom stereocenters. The summed E-state index contributed by atoms with van der Waals surface area (Å²) in [5.74, 6) is -0.317. The maximum absolute atomic E-state index is 11.2. The van der Waals surface area contributed by atoms with Gasteiger partial charge < -0.3 is 10.1 Å². The molecule has 1 aromatic carbocycles. The number of nitrogens with one attached hydrogen (secondary N) is 1. The molecule has 0 aliphatic carbocycles. The molecule has 1 aromatic rings. The van der Waals surface area contributed by atoms with Crippen molar-refractivity contribution in [2.45, 2.75) is 31.9 Å². The van der Waals surface area contributed by atoms with E-state index in [2.05, 4.69) is 5.32 Å². The highest BCUT2D eigenvalue weighted by atomic mass is 16.5. The molecule has 4 nitrogen and oxygen atoms in total. The molecule has 4 heteroatoms. The maximum Gasteiger partial charge on any atom is 0.303 e. The SMILES string of the molecule is CC(=O)O[C@@H](c1ccccc1)[C@@H]1CCC(=O)N1. The molecule has 90 valence electrons. The van der Waals surface area contributed by atoms with Crippen molar-refractivity contribution in [2.75, 3.05) is 0 Å². The zero-order valence-electron chi connectivity index (χ0n) is 9.68. The van der Waals surface area contributed by atoms with Gasteiger partial charge in [-0.3, -0.25) is 9.59 Å². The lowest BCUT2D eigenvalue weighted by Crippen LogP contribution is -2.33. The lowest BCUT2D eigenvalue weighted by Gasteiger charge is -2.23. The summed E-state index contributed by atoms with van der Waals surface area (Å²) in [6, 6.07) is 9.37. The molecule has 0 radical (unpaired) electrons. The highest BCUT2D eigenvalue weighted by molar-refractivity contribution is 5.78. The molecule has 17 heavy (non-hydrogen) atoms. The number of benzene rings is 1. The fourth-order valence-electron chi connectivity index (χ4n) is 2.07. The molecular weight excluding hydrogens is 218 g/mol. The molecule has 1 N–H and O–H groups in total. The molecule has 1 saturated heterocycles. The summed E-state index contributed by atoms with van der Waals surface area (Å²) in [5, 5.41) is 2.84. The number of amides is 1. The summed E-state index contributed by atoms with van der Waals surface area (Å²) in [6.07, 6.45) is 0.807. The Morgan fingerprint density at radius 3 is 2.65 bits per heavy atom. The smallest absolute Gasteiger partial charge is 0.303 e. The van der Waals surface area contributed by atoms with E-state index in [1.54, 1.807) is 0 Å². The molecule has 1 fully saturated rings. The first-order valence-electron chi connectivity index (χ1n) is 5.68. The Bertz CT molecular complexity index is 416. The molecular formula is C13H15NO3. The van der Waals surface area contributed by atoms with Crippen molar-refractivity contribution in [2.24, 2.45) is 0 Å². The van der Waals surface area contributed by atoms with Crippen LogP contribution in [0, 0.1) is 0 Å². The van der Waals surface area contributed by atoms with Crippen molar-refractivity contribution in [3.05, 3.63) is 35.9 Å². The van der Waals surface area contributed by atoms with Gasteiger partial charge in [0.15, 0.2) is 0 Å². The average molecular weight is 233 g/mol. The largest absolute Gasteiger partial charge is 0.455 e. The Morgan fingerprint density at radius 1 is 1.41 bits per heavy atom. The summed E-state index contributed by atoms with van der Waals surface area (Å²) >= 11 is 0. The van der Waals surface area contributed by atoms with E-state index in [0.717, 1.165) is 5.56 Å². The van der Waals surface area contributed by atoms with Gasteiger partial charge in [0.05, 0.1) is 6.04 Å². The van der Waals surface area contributed by atoms with E-state index in [9.17, 15) is 9.59 Å². The monoisotopic (exact) mass is 233 g/mol. The minimum absolute atomic E-state index is 0.0167. The third-order valence-corrected chi connectivity index (χ3v) is 2.82. The maximum atomic E-state index is 11.2. The number of carbonyl (C=O) groups excluding carboxylic acids is 2. The lowest BCUT2D eigenvalue weighted by molar-refractivity contribution is -0.148. The second-order valence-corrected chi connectivity index (χ2v) is 4.15. The second kappa shape index (κ2) is 4.99. The Hall–Kier alpha value is -1.84. The van der Waals surface area contributed by atoms with E-state index in [-0.39, 0.29) is 24.0 Å². The molecule has 0 bridgehead atoms. The average Bonchev–Trinajstić information content (AvgIpc) is 2.73. The number of hydrogen-bond donors (Lipinski definition) is 1. The molecule has 2 rings (SSSR count). The number of carbonyl (C=O) groups is 2. The van der Waals surface area contributed by atoms with Crippen LogP contribution in [-0.4, -0.2) is 17.9 Å². The predicted octanol–water partition coefficient (Wildman–Crippen LogP) is 1.57. The van der Waals surface area contributed by atoms with E-state index in [4.69, 9.17) is 4.74 Å². The summed E-state index contributed by atoms with van der Waals surface area (Å²) in [5.41, 5.74) is 0.912. The van der Waals surface area contributed by atoms with E-state index in [1.807, 2.05) is 30.3 Å². The van der Waals surface area contributed by atoms with Crippen molar-refractivity contribution in [3.63, 3.8) is 0 Å². The zero-order chi connectivity index (χ0) is 12.3. The molecule has 2 atom stereocenters. The molecule has 0 spiro atoms. The normalized spacial score (nSPS) is 20.8. The number of ether oxygens (including phenoxy) is 1. The first-order chi connectivity index (χ1) is 8.16. The van der Waals surface area contributed by atoms with Gasteiger partial charge in [-0.05, 0) is 12.0 Å². The van der Waals surface area contributed by atoms with Crippen LogP contribution in [0.4, 0.5) is 0 Å². The van der Waals surface area contributed by atoms with Crippen LogP contribution >= 0.6 is 0 Å². The van der Waals surface area contributed by atoms with Crippen LogP contribution in [0.25, 0.3) is 0 Å². The van der Waals surface area contributed by atoms with Gasteiger partial charge in [-0.25, -0.2) is 0 Å². The van der Waals surface area contributed by atoms with E-state index >= 15 is 0 Å². The van der Waals surface area contributed by atoms with Crippen LogP contribution in [0.15, 0.2) is 30.3 Å². The van der Waals surface area contributed by atoms with Crippen molar-refractivity contribution < 1.29 is 14.3 Å². The van der Waals surface area contributed by atoms with E-state index in [0.29, 0.717) is 12.8 Å². The van der Waals surface area contributed by atoms with Crippen molar-refractivity contribution >= 4 is 11.9 Å². The molecule has 0 saturated carbocycles. The van der Waals surface area contributed by atoms with Crippen LogP contribution in [0.2, 0.25) is 0 Å². The van der Waals surface area contributed by atoms with Gasteiger partial charge in [0, 0.05) is 13.3 Å². The van der Waals surface area contributed by atoms with E-state index in [1.165, 1.54) is 6.92 Å². The van der Waals surface area contributed by atoms with Crippen LogP contribution < -0.4 is 5.32 Å². The Morgan fingerprint density at radius 2 is 2.12 bits per heavy atom. The minimum Gasteiger partial charge on any atom is -0.455 e. The molecule has 1 amide bonds. The van der Waals surface area contributed by atoms with Gasteiger partial charge in [-0.15, -0.1) is 0 Å². The first-order valence-corrected chi connectivity index (χ1v) is 5.68. The van der Waals surface area contributed by atoms with E-state index < -0.39 is 0 Å². The quantitative estimate of drug-likeness (QED) is 0.806. The van der Waals surface area contributed by atoms with Crippen LogP contribution in [0.3, 0.4) is 0 Å². The summed E-state index contributed by atoms with van der Waals surface area (Å²) in [7, 11) is 0. The van der Waals surface area contributed by atoms with Gasteiger partial charge >= 0.3 is 5.97 Å². The number of hydrogen-bond acceptors (Lipinski definition) is 3. The Kier molecular flexibility index (Phi) is 3.42. The summed E-state index contributed by atoms with van der Waals surface area (Å²) in [6.45, 7) is 1.38. The predicted molar refractivity (Wildman–Crippen MR) is 62.1 cm³/mol. The highest BCUT2D eigenvalue weighted by Gasteiger charge is 2.31. The Balaban J connectivity index is 2.19. The Labute approximate surface area is 100.0 Å². The highest BCUT2D eigenvalue weighted by Crippen LogP contribution is 2.27. The standard InChI is InChI=1S/C13H15NO3/c1-9(15)17-13(10-5-3-2-4-6-10)11-7-8-12(16)14-11/h2-6,11,13H,7-8H2,1H3,(H,14,16)/t11-,13-/m0/s1. The summed E-state index contributed by atoms with van der Waals surface area (Å²) < 4.78 is 5.32. The fourth-order valence-corrected chi connectivity index (χ4v) is 2.07. The third-order valence-electron chi connectivity index (χ3n) is 2.82. The molecule has 1 aliphatic rings. The van der Waals surface area contributed by atoms with Crippen LogP contribution in [0.1, 0.15) is 31.4 Å². The van der Waals surface area contributed by atoms with Crippen molar-refractivity contribution in [3.8, 4) is 0 Å². The minimum atomic E-state index is -0.389. The number of esters is 1. The zero-order valence-corrected chi connectivity index (χ0v) is 9.68. The van der Waals surface area contributed by atoms with Crippen LogP contribution in [-0.2, 0) is 14.3 Å². The summed E-state index contributed by atoms with van der Waals surface area (Å²) in [4.78, 5) is 22.4. The topological polar surface area (TPSA) is 55.4 Å². The van der Waals surface area contributed by atoms with Gasteiger partial charge in [0.2, 0.25) is 5.91 Å². The van der Waals surface area contributed by atoms with Crippen molar-refractivity contribution in [1.82, 2.24) is 5.32 Å². The number of rotatable bonds is 3. The molecule has 1 heterocycles. The molecule has 1 aliphatic heterocycles.